The van der Waals surface area contributed by atoms with Gasteiger partial charge in [-0.15, -0.1) is 0 Å². The summed E-state index contributed by atoms with van der Waals surface area (Å²) in [4.78, 5) is 0. The zero-order valence-corrected chi connectivity index (χ0v) is 24.6. The standard InChI is InChI=1S/2C14H29O2.Cu.Li/c2*1-4-7-10-11-14(15-12-8-5-2)16-13-9-6-3;;/h2*14H,1,4-13H2,2-3H3;;. The van der Waals surface area contributed by atoms with Crippen molar-refractivity contribution >= 4 is 18.9 Å². The monoisotopic (exact) mass is 528 g/mol. The van der Waals surface area contributed by atoms with E-state index in [1.54, 1.807) is 0 Å². The molecule has 0 amide bonds. The Morgan fingerprint density at radius 3 is 1.06 bits per heavy atom. The Labute approximate surface area is 232 Å². The average molecular weight is 529 g/mol. The molecule has 0 heterocycles. The van der Waals surface area contributed by atoms with Gasteiger partial charge in [-0.25, -0.2) is 0 Å². The second kappa shape index (κ2) is 32.0. The minimum Gasteiger partial charge on any atom is 0 e. The van der Waals surface area contributed by atoms with Crippen molar-refractivity contribution in [1.29, 1.82) is 0 Å². The second-order valence-electron chi connectivity index (χ2n) is 8.91. The first-order valence-electron chi connectivity index (χ1n) is 14.2. The molecule has 0 aliphatic heterocycles. The second-order valence-corrected chi connectivity index (χ2v) is 10.3. The summed E-state index contributed by atoms with van der Waals surface area (Å²) in [6.45, 7) is 12.1. The Balaban J connectivity index is 0. The van der Waals surface area contributed by atoms with Gasteiger partial charge in [-0.1, -0.05) is 0 Å². The third kappa shape index (κ3) is 27.5. The Morgan fingerprint density at radius 2 is 0.765 bits per heavy atom. The van der Waals surface area contributed by atoms with Crippen molar-refractivity contribution in [2.45, 2.75) is 154 Å². The van der Waals surface area contributed by atoms with Crippen molar-refractivity contribution < 1.29 is 33.9 Å². The van der Waals surface area contributed by atoms with Crippen LogP contribution >= 0.6 is 0 Å². The largest absolute Gasteiger partial charge is 0 e. The summed E-state index contributed by atoms with van der Waals surface area (Å²) in [6.07, 6.45) is 18.9. The van der Waals surface area contributed by atoms with E-state index in [1.165, 1.54) is 74.8 Å². The van der Waals surface area contributed by atoms with Crippen LogP contribution in [0.4, 0.5) is 0 Å². The minimum absolute atomic E-state index is 0. The van der Waals surface area contributed by atoms with Gasteiger partial charge in [0.05, 0.1) is 0 Å². The molecule has 34 heavy (non-hydrogen) atoms. The maximum atomic E-state index is 5.94. The van der Waals surface area contributed by atoms with Gasteiger partial charge in [0.25, 0.3) is 0 Å². The van der Waals surface area contributed by atoms with Gasteiger partial charge in [0.1, 0.15) is 0 Å². The summed E-state index contributed by atoms with van der Waals surface area (Å²) in [6, 6.07) is 0. The molecule has 6 heteroatoms. The molecule has 0 aromatic carbocycles. The normalized spacial score (nSPS) is 11.6. The molecule has 0 atom stereocenters. The van der Waals surface area contributed by atoms with Crippen molar-refractivity contribution in [2.24, 2.45) is 0 Å². The van der Waals surface area contributed by atoms with E-state index in [2.05, 4.69) is 42.7 Å². The van der Waals surface area contributed by atoms with Gasteiger partial charge in [-0.3, -0.25) is 0 Å². The van der Waals surface area contributed by atoms with Crippen LogP contribution in [0, 0.1) is 0 Å². The molecule has 0 aromatic heterocycles. The van der Waals surface area contributed by atoms with E-state index in [9.17, 15) is 0 Å². The predicted octanol–water partition coefficient (Wildman–Crippen LogP) is 8.56. The molecule has 0 aliphatic carbocycles. The van der Waals surface area contributed by atoms with Crippen LogP contribution in [0.25, 0.3) is 0 Å². The molecule has 4 nitrogen and oxygen atoms in total. The molecule has 0 spiro atoms. The Bertz CT molecular complexity index is 311. The number of hydrogen-bond donors (Lipinski definition) is 0. The van der Waals surface area contributed by atoms with E-state index in [0.29, 0.717) is 0 Å². The van der Waals surface area contributed by atoms with Crippen molar-refractivity contribution in [3.63, 3.8) is 0 Å². The van der Waals surface area contributed by atoms with E-state index in [1.807, 2.05) is 0 Å². The molecular formula is C28H58CuLiO4. The quantitative estimate of drug-likeness (QED) is 0.0578. The third-order valence-electron chi connectivity index (χ3n) is 5.51. The van der Waals surface area contributed by atoms with Crippen molar-refractivity contribution in [1.82, 2.24) is 0 Å². The van der Waals surface area contributed by atoms with Gasteiger partial charge in [-0.05, 0) is 0 Å². The maximum absolute atomic E-state index is 5.94. The van der Waals surface area contributed by atoms with Crippen LogP contribution in [0.2, 0.25) is 10.6 Å². The number of unbranched alkanes of at least 4 members (excludes halogenated alkanes) is 8. The first-order chi connectivity index (χ1) is 16.3. The van der Waals surface area contributed by atoms with Crippen LogP contribution < -0.4 is 0 Å². The third-order valence-corrected chi connectivity index (χ3v) is 6.84. The minimum atomic E-state index is 0. The Kier molecular flexibility index (Phi) is 34.9. The van der Waals surface area contributed by atoms with Crippen molar-refractivity contribution in [2.75, 3.05) is 26.4 Å². The molecule has 0 saturated heterocycles. The van der Waals surface area contributed by atoms with Crippen LogP contribution in [-0.4, -0.2) is 57.9 Å². The van der Waals surface area contributed by atoms with Crippen molar-refractivity contribution in [3.05, 3.63) is 0 Å². The van der Waals surface area contributed by atoms with Crippen LogP contribution in [0.1, 0.15) is 130 Å². The molecular weight excluding hydrogens is 471 g/mol. The molecule has 0 bridgehead atoms. The summed E-state index contributed by atoms with van der Waals surface area (Å²) in [7, 11) is 0. The SMILES string of the molecule is CCCCOC(CCCC[CH2][Cu][CH2]CCCCC(OCCCC)OCCCC)OCCCC.[Li]. The predicted molar refractivity (Wildman–Crippen MR) is 143 cm³/mol. The Hall–Kier alpha value is 0.957. The van der Waals surface area contributed by atoms with Gasteiger partial charge in [0.15, 0.2) is 0 Å². The number of ether oxygens (including phenoxy) is 4. The molecule has 0 unspecified atom stereocenters. The van der Waals surface area contributed by atoms with E-state index < -0.39 is 0 Å². The average Bonchev–Trinajstić information content (AvgIpc) is 2.82. The summed E-state index contributed by atoms with van der Waals surface area (Å²) < 4.78 is 23.7. The summed E-state index contributed by atoms with van der Waals surface area (Å²) in [5.74, 6) is 0. The number of hydrogen-bond acceptors (Lipinski definition) is 4. The topological polar surface area (TPSA) is 36.9 Å². The fourth-order valence-electron chi connectivity index (χ4n) is 3.22. The first kappa shape index (κ1) is 37.1. The van der Waals surface area contributed by atoms with Crippen LogP contribution in [-0.2, 0) is 33.9 Å². The van der Waals surface area contributed by atoms with Crippen LogP contribution in [0.3, 0.4) is 0 Å². The van der Waals surface area contributed by atoms with Gasteiger partial charge in [0.2, 0.25) is 0 Å². The van der Waals surface area contributed by atoms with E-state index in [0.717, 1.165) is 65.0 Å². The molecule has 0 N–H and O–H groups in total. The number of rotatable bonds is 28. The summed E-state index contributed by atoms with van der Waals surface area (Å²) in [5, 5.41) is 2.54. The van der Waals surface area contributed by atoms with E-state index in [4.69, 9.17) is 18.9 Å². The Morgan fingerprint density at radius 1 is 0.441 bits per heavy atom. The zero-order valence-electron chi connectivity index (χ0n) is 23.6. The molecule has 0 rings (SSSR count). The van der Waals surface area contributed by atoms with Gasteiger partial charge >= 0.3 is 214 Å². The van der Waals surface area contributed by atoms with E-state index in [-0.39, 0.29) is 31.4 Å². The first-order valence-corrected chi connectivity index (χ1v) is 15.5. The van der Waals surface area contributed by atoms with Crippen LogP contribution in [0.15, 0.2) is 0 Å². The molecule has 1 radical (unpaired) electrons. The van der Waals surface area contributed by atoms with E-state index >= 15 is 0 Å². The van der Waals surface area contributed by atoms with Gasteiger partial charge in [0, 0.05) is 18.9 Å². The van der Waals surface area contributed by atoms with Gasteiger partial charge in [-0.2, -0.15) is 0 Å². The van der Waals surface area contributed by atoms with Crippen LogP contribution in [0.5, 0.6) is 0 Å². The molecule has 206 valence electrons. The molecule has 0 aliphatic rings. The molecule has 0 saturated carbocycles. The summed E-state index contributed by atoms with van der Waals surface area (Å²) >= 11 is 2.21. The maximum Gasteiger partial charge on any atom is 0 e. The fraction of sp³-hybridized carbons (Fsp3) is 1.00. The zero-order chi connectivity index (χ0) is 24.2. The van der Waals surface area contributed by atoms with Gasteiger partial charge < -0.3 is 0 Å². The van der Waals surface area contributed by atoms with Crippen molar-refractivity contribution in [3.8, 4) is 0 Å². The molecule has 0 aromatic rings. The smallest absolute Gasteiger partial charge is 0 e. The molecule has 0 fully saturated rings. The fourth-order valence-corrected chi connectivity index (χ4v) is 4.40. The summed E-state index contributed by atoms with van der Waals surface area (Å²) in [5.41, 5.74) is 0.